The van der Waals surface area contributed by atoms with Crippen molar-refractivity contribution in [3.63, 3.8) is 0 Å². The van der Waals surface area contributed by atoms with Crippen LogP contribution in [0.1, 0.15) is 22.9 Å². The highest BCUT2D eigenvalue weighted by atomic mass is 19.1. The van der Waals surface area contributed by atoms with Gasteiger partial charge in [-0.25, -0.2) is 4.39 Å². The van der Waals surface area contributed by atoms with Crippen LogP contribution in [-0.4, -0.2) is 16.8 Å². The van der Waals surface area contributed by atoms with Crippen molar-refractivity contribution in [1.82, 2.24) is 0 Å². The molecule has 5 nitrogen and oxygen atoms in total. The average Bonchev–Trinajstić information content (AvgIpc) is 3.29. The van der Waals surface area contributed by atoms with Crippen molar-refractivity contribution in [2.24, 2.45) is 0 Å². The number of aliphatic hydroxyl groups excluding tert-OH is 1. The van der Waals surface area contributed by atoms with Crippen LogP contribution in [-0.2, 0) is 9.59 Å². The fraction of sp³-hybridized carbons (Fsp3) is 0.0909. The maximum absolute atomic E-state index is 13.8. The Morgan fingerprint density at radius 2 is 1.82 bits per heavy atom. The van der Waals surface area contributed by atoms with E-state index in [4.69, 9.17) is 4.42 Å². The maximum Gasteiger partial charge on any atom is 0.300 e. The number of carbonyl (C=O) groups is 2. The van der Waals surface area contributed by atoms with Gasteiger partial charge in [0.1, 0.15) is 23.4 Å². The van der Waals surface area contributed by atoms with Gasteiger partial charge in [0.2, 0.25) is 0 Å². The Morgan fingerprint density at radius 1 is 1.07 bits per heavy atom. The summed E-state index contributed by atoms with van der Waals surface area (Å²) in [6, 6.07) is 14.5. The van der Waals surface area contributed by atoms with Crippen LogP contribution in [0.2, 0.25) is 0 Å². The predicted octanol–water partition coefficient (Wildman–Crippen LogP) is 4.35. The molecule has 1 fully saturated rings. The molecule has 0 saturated carbocycles. The second-order valence-electron chi connectivity index (χ2n) is 6.53. The third kappa shape index (κ3) is 2.89. The molecule has 0 bridgehead atoms. The number of hydrogen-bond donors (Lipinski definition) is 1. The Hall–Kier alpha value is -3.67. The number of amides is 1. The normalized spacial score (nSPS) is 18.6. The molecule has 2 heterocycles. The summed E-state index contributed by atoms with van der Waals surface area (Å²) >= 11 is 0. The zero-order chi connectivity index (χ0) is 19.8. The average molecular weight is 377 g/mol. The number of hydrogen-bond acceptors (Lipinski definition) is 4. The number of ketones is 1. The lowest BCUT2D eigenvalue weighted by Gasteiger charge is -2.23. The fourth-order valence-corrected chi connectivity index (χ4v) is 3.31. The molecule has 1 atom stereocenters. The topological polar surface area (TPSA) is 70.8 Å². The summed E-state index contributed by atoms with van der Waals surface area (Å²) in [5.41, 5.74) is 1.48. The maximum atomic E-state index is 13.8. The van der Waals surface area contributed by atoms with E-state index in [9.17, 15) is 19.1 Å². The first-order valence-electron chi connectivity index (χ1n) is 8.64. The molecule has 4 rings (SSSR count). The standard InChI is InChI=1S/C22H16FNO4/c1-13-7-9-14(10-8-13)20(25)18-19(17-6-3-11-28-17)24(22(27)21(18)26)16-5-2-4-15(23)12-16/h2-12,19,25H,1H3/b20-18-. The van der Waals surface area contributed by atoms with E-state index >= 15 is 0 Å². The van der Waals surface area contributed by atoms with E-state index in [1.807, 2.05) is 6.92 Å². The van der Waals surface area contributed by atoms with Crippen molar-refractivity contribution in [3.8, 4) is 0 Å². The predicted molar refractivity (Wildman–Crippen MR) is 101 cm³/mol. The van der Waals surface area contributed by atoms with Gasteiger partial charge in [-0.05, 0) is 37.3 Å². The van der Waals surface area contributed by atoms with Crippen molar-refractivity contribution in [2.75, 3.05) is 4.90 Å². The smallest absolute Gasteiger partial charge is 0.300 e. The Kier molecular flexibility index (Phi) is 4.31. The first kappa shape index (κ1) is 17.7. The van der Waals surface area contributed by atoms with Crippen LogP contribution in [0.15, 0.2) is 76.9 Å². The molecule has 6 heteroatoms. The molecule has 1 saturated heterocycles. The van der Waals surface area contributed by atoms with Crippen LogP contribution in [0.4, 0.5) is 10.1 Å². The second-order valence-corrected chi connectivity index (χ2v) is 6.53. The van der Waals surface area contributed by atoms with Gasteiger partial charge in [0.05, 0.1) is 11.8 Å². The Balaban J connectivity index is 1.93. The number of aliphatic hydroxyl groups is 1. The van der Waals surface area contributed by atoms with E-state index in [2.05, 4.69) is 0 Å². The molecule has 28 heavy (non-hydrogen) atoms. The highest BCUT2D eigenvalue weighted by Crippen LogP contribution is 2.42. The van der Waals surface area contributed by atoms with Crippen LogP contribution < -0.4 is 4.90 Å². The zero-order valence-electron chi connectivity index (χ0n) is 14.9. The third-order valence-electron chi connectivity index (χ3n) is 4.67. The largest absolute Gasteiger partial charge is 0.507 e. The van der Waals surface area contributed by atoms with Crippen LogP contribution >= 0.6 is 0 Å². The molecule has 1 N–H and O–H groups in total. The molecular weight excluding hydrogens is 361 g/mol. The highest BCUT2D eigenvalue weighted by molar-refractivity contribution is 6.51. The number of furan rings is 1. The van der Waals surface area contributed by atoms with E-state index in [1.165, 1.54) is 24.5 Å². The van der Waals surface area contributed by atoms with Gasteiger partial charge in [-0.2, -0.15) is 0 Å². The zero-order valence-corrected chi connectivity index (χ0v) is 14.9. The van der Waals surface area contributed by atoms with Gasteiger partial charge in [0.25, 0.3) is 11.7 Å². The summed E-state index contributed by atoms with van der Waals surface area (Å²) in [7, 11) is 0. The molecule has 1 amide bonds. The van der Waals surface area contributed by atoms with E-state index in [-0.39, 0.29) is 22.8 Å². The third-order valence-corrected chi connectivity index (χ3v) is 4.67. The lowest BCUT2D eigenvalue weighted by molar-refractivity contribution is -0.132. The van der Waals surface area contributed by atoms with E-state index in [1.54, 1.807) is 36.4 Å². The number of halogens is 1. The molecular formula is C22H16FNO4. The van der Waals surface area contributed by atoms with Crippen LogP contribution in [0, 0.1) is 12.7 Å². The van der Waals surface area contributed by atoms with Crippen LogP contribution in [0.3, 0.4) is 0 Å². The summed E-state index contributed by atoms with van der Waals surface area (Å²) in [6.45, 7) is 1.90. The number of anilines is 1. The lowest BCUT2D eigenvalue weighted by Crippen LogP contribution is -2.29. The lowest BCUT2D eigenvalue weighted by atomic mass is 9.98. The number of Topliss-reactive ketones (excluding diaryl/α,β-unsaturated/α-hetero) is 1. The Labute approximate surface area is 160 Å². The van der Waals surface area contributed by atoms with Gasteiger partial charge in [-0.15, -0.1) is 0 Å². The summed E-state index contributed by atoms with van der Waals surface area (Å²) < 4.78 is 19.2. The quantitative estimate of drug-likeness (QED) is 0.418. The van der Waals surface area contributed by atoms with Crippen LogP contribution in [0.5, 0.6) is 0 Å². The molecule has 2 aromatic carbocycles. The molecule has 0 aliphatic carbocycles. The van der Waals surface area contributed by atoms with E-state index in [0.717, 1.165) is 16.5 Å². The summed E-state index contributed by atoms with van der Waals surface area (Å²) in [6.07, 6.45) is 1.41. The molecule has 3 aromatic rings. The van der Waals surface area contributed by atoms with E-state index in [0.29, 0.717) is 5.56 Å². The molecule has 0 radical (unpaired) electrons. The first-order chi connectivity index (χ1) is 13.5. The first-order valence-corrected chi connectivity index (χ1v) is 8.64. The van der Waals surface area contributed by atoms with Gasteiger partial charge in [-0.3, -0.25) is 14.5 Å². The molecule has 1 aliphatic rings. The van der Waals surface area contributed by atoms with Gasteiger partial charge >= 0.3 is 0 Å². The second kappa shape index (κ2) is 6.81. The molecule has 1 aromatic heterocycles. The monoisotopic (exact) mass is 377 g/mol. The minimum absolute atomic E-state index is 0.104. The summed E-state index contributed by atoms with van der Waals surface area (Å²) in [4.78, 5) is 26.7. The Bertz CT molecular complexity index is 1080. The van der Waals surface area contributed by atoms with Gasteiger partial charge < -0.3 is 9.52 Å². The van der Waals surface area contributed by atoms with Crippen molar-refractivity contribution in [1.29, 1.82) is 0 Å². The van der Waals surface area contributed by atoms with Crippen molar-refractivity contribution >= 4 is 23.1 Å². The number of benzene rings is 2. The number of nitrogens with zero attached hydrogens (tertiary/aromatic N) is 1. The molecule has 1 aliphatic heterocycles. The minimum Gasteiger partial charge on any atom is -0.507 e. The number of carbonyl (C=O) groups excluding carboxylic acids is 2. The van der Waals surface area contributed by atoms with Gasteiger partial charge in [-0.1, -0.05) is 35.9 Å². The fourth-order valence-electron chi connectivity index (χ4n) is 3.31. The van der Waals surface area contributed by atoms with Crippen molar-refractivity contribution in [2.45, 2.75) is 13.0 Å². The number of aryl methyl sites for hydroxylation is 1. The summed E-state index contributed by atoms with van der Waals surface area (Å²) in [5.74, 6) is -2.28. The molecule has 140 valence electrons. The molecule has 0 spiro atoms. The minimum atomic E-state index is -1.00. The SMILES string of the molecule is Cc1ccc(/C(O)=C2/C(=O)C(=O)N(c3cccc(F)c3)C2c2ccco2)cc1. The van der Waals surface area contributed by atoms with Crippen molar-refractivity contribution < 1.29 is 23.5 Å². The van der Waals surface area contributed by atoms with Crippen molar-refractivity contribution in [3.05, 3.63) is 95.2 Å². The number of rotatable bonds is 3. The van der Waals surface area contributed by atoms with Crippen LogP contribution in [0.25, 0.3) is 5.76 Å². The summed E-state index contributed by atoms with van der Waals surface area (Å²) in [5, 5.41) is 10.9. The Morgan fingerprint density at radius 3 is 2.46 bits per heavy atom. The molecule has 1 unspecified atom stereocenters. The van der Waals surface area contributed by atoms with E-state index < -0.39 is 23.5 Å². The van der Waals surface area contributed by atoms with Gasteiger partial charge in [0, 0.05) is 11.3 Å². The highest BCUT2D eigenvalue weighted by Gasteiger charge is 2.48. The van der Waals surface area contributed by atoms with Gasteiger partial charge in [0.15, 0.2) is 0 Å².